The van der Waals surface area contributed by atoms with Gasteiger partial charge in [0.25, 0.3) is 10.0 Å². The average Bonchev–Trinajstić information content (AvgIpc) is 3.16. The summed E-state index contributed by atoms with van der Waals surface area (Å²) < 4.78 is 39.4. The molecule has 4 rings (SSSR count). The molecule has 3 aromatic carbocycles. The standard InChI is InChI=1S/C21H17ClN2O4S2/c1-27-18-10-8-16(12-19(18)28-2)30(25,26)24-15-6-3-13(4-7-15)21-23-17-9-5-14(22)11-20(17)29-21/h3-12,24H,1-2H3. The minimum atomic E-state index is -3.79. The summed E-state index contributed by atoms with van der Waals surface area (Å²) in [4.78, 5) is 4.68. The van der Waals surface area contributed by atoms with Gasteiger partial charge in [0, 0.05) is 22.3 Å². The van der Waals surface area contributed by atoms with Crippen molar-refractivity contribution in [3.05, 3.63) is 65.7 Å². The van der Waals surface area contributed by atoms with E-state index in [0.717, 1.165) is 20.8 Å². The van der Waals surface area contributed by atoms with Crippen LogP contribution in [0.5, 0.6) is 11.5 Å². The van der Waals surface area contributed by atoms with Gasteiger partial charge in [-0.05, 0) is 54.6 Å². The molecule has 0 radical (unpaired) electrons. The number of benzene rings is 3. The first-order chi connectivity index (χ1) is 14.4. The highest BCUT2D eigenvalue weighted by molar-refractivity contribution is 7.92. The van der Waals surface area contributed by atoms with E-state index < -0.39 is 10.0 Å². The van der Waals surface area contributed by atoms with E-state index in [0.29, 0.717) is 22.2 Å². The quantitative estimate of drug-likeness (QED) is 0.415. The molecule has 0 spiro atoms. The molecule has 0 fully saturated rings. The first kappa shape index (κ1) is 20.5. The largest absolute Gasteiger partial charge is 0.493 e. The Hall–Kier alpha value is -2.81. The fourth-order valence-corrected chi connectivity index (χ4v) is 5.22. The molecule has 0 atom stereocenters. The average molecular weight is 461 g/mol. The number of fused-ring (bicyclic) bond motifs is 1. The Balaban J connectivity index is 1.58. The van der Waals surface area contributed by atoms with Crippen LogP contribution in [-0.2, 0) is 10.0 Å². The summed E-state index contributed by atoms with van der Waals surface area (Å²) in [6.45, 7) is 0. The summed E-state index contributed by atoms with van der Waals surface area (Å²) >= 11 is 7.57. The van der Waals surface area contributed by atoms with E-state index in [1.165, 1.54) is 37.7 Å². The number of methoxy groups -OCH3 is 2. The first-order valence-electron chi connectivity index (χ1n) is 8.81. The minimum absolute atomic E-state index is 0.0762. The highest BCUT2D eigenvalue weighted by Gasteiger charge is 2.17. The van der Waals surface area contributed by atoms with Crippen LogP contribution in [0.3, 0.4) is 0 Å². The van der Waals surface area contributed by atoms with Gasteiger partial charge >= 0.3 is 0 Å². The lowest BCUT2D eigenvalue weighted by Gasteiger charge is -2.12. The molecule has 30 heavy (non-hydrogen) atoms. The fraction of sp³-hybridized carbons (Fsp3) is 0.0952. The Bertz CT molecular complexity index is 1320. The second-order valence-corrected chi connectivity index (χ2v) is 9.48. The fourth-order valence-electron chi connectivity index (χ4n) is 2.90. The Kier molecular flexibility index (Phi) is 5.55. The molecular formula is C21H17ClN2O4S2. The highest BCUT2D eigenvalue weighted by atomic mass is 35.5. The van der Waals surface area contributed by atoms with E-state index in [1.54, 1.807) is 24.3 Å². The summed E-state index contributed by atoms with van der Waals surface area (Å²) in [6.07, 6.45) is 0. The topological polar surface area (TPSA) is 77.5 Å². The molecule has 154 valence electrons. The molecule has 0 unspecified atom stereocenters. The Labute approximate surface area is 183 Å². The van der Waals surface area contributed by atoms with Crippen LogP contribution in [0.25, 0.3) is 20.8 Å². The molecule has 6 nitrogen and oxygen atoms in total. The first-order valence-corrected chi connectivity index (χ1v) is 11.5. The number of ether oxygens (including phenoxy) is 2. The van der Waals surface area contributed by atoms with E-state index in [-0.39, 0.29) is 4.90 Å². The molecule has 1 N–H and O–H groups in total. The number of nitrogens with one attached hydrogen (secondary N) is 1. The van der Waals surface area contributed by atoms with Crippen molar-refractivity contribution in [2.45, 2.75) is 4.90 Å². The van der Waals surface area contributed by atoms with Crippen LogP contribution in [0.15, 0.2) is 65.6 Å². The van der Waals surface area contributed by atoms with Crippen LogP contribution in [-0.4, -0.2) is 27.6 Å². The predicted octanol–water partition coefficient (Wildman–Crippen LogP) is 5.43. The number of hydrogen-bond acceptors (Lipinski definition) is 6. The van der Waals surface area contributed by atoms with Gasteiger partial charge in [-0.2, -0.15) is 0 Å². The summed E-state index contributed by atoms with van der Waals surface area (Å²) in [5.41, 5.74) is 2.21. The van der Waals surface area contributed by atoms with Gasteiger partial charge in [0.2, 0.25) is 0 Å². The molecule has 0 amide bonds. The van der Waals surface area contributed by atoms with Gasteiger partial charge in [-0.25, -0.2) is 13.4 Å². The number of aromatic nitrogens is 1. The van der Waals surface area contributed by atoms with Crippen molar-refractivity contribution in [1.82, 2.24) is 4.98 Å². The summed E-state index contributed by atoms with van der Waals surface area (Å²) in [6, 6.07) is 17.0. The number of sulfonamides is 1. The Morgan fingerprint density at radius 1 is 0.933 bits per heavy atom. The van der Waals surface area contributed by atoms with Gasteiger partial charge in [0.1, 0.15) is 5.01 Å². The van der Waals surface area contributed by atoms with Crippen molar-refractivity contribution in [3.8, 4) is 22.1 Å². The molecule has 0 aliphatic rings. The molecule has 1 heterocycles. The molecule has 0 aliphatic carbocycles. The minimum Gasteiger partial charge on any atom is -0.493 e. The normalized spacial score (nSPS) is 11.4. The molecule has 9 heteroatoms. The SMILES string of the molecule is COc1ccc(S(=O)(=O)Nc2ccc(-c3nc4ccc(Cl)cc4s3)cc2)cc1OC. The van der Waals surface area contributed by atoms with Gasteiger partial charge in [-0.15, -0.1) is 11.3 Å². The maximum Gasteiger partial charge on any atom is 0.262 e. The molecule has 0 saturated heterocycles. The zero-order chi connectivity index (χ0) is 21.3. The van der Waals surface area contributed by atoms with Crippen molar-refractivity contribution in [1.29, 1.82) is 0 Å². The molecule has 1 aromatic heterocycles. The van der Waals surface area contributed by atoms with Crippen LogP contribution in [0.4, 0.5) is 5.69 Å². The molecule has 4 aromatic rings. The van der Waals surface area contributed by atoms with Crippen LogP contribution in [0.2, 0.25) is 5.02 Å². The molecular weight excluding hydrogens is 444 g/mol. The molecule has 0 bridgehead atoms. The number of nitrogens with zero attached hydrogens (tertiary/aromatic N) is 1. The van der Waals surface area contributed by atoms with Crippen molar-refractivity contribution in [2.75, 3.05) is 18.9 Å². The monoisotopic (exact) mass is 460 g/mol. The lowest BCUT2D eigenvalue weighted by atomic mass is 10.2. The van der Waals surface area contributed by atoms with Crippen LogP contribution in [0.1, 0.15) is 0 Å². The second kappa shape index (κ2) is 8.14. The van der Waals surface area contributed by atoms with Gasteiger partial charge in [-0.1, -0.05) is 11.6 Å². The van der Waals surface area contributed by atoms with Gasteiger partial charge in [0.05, 0.1) is 29.3 Å². The lowest BCUT2D eigenvalue weighted by Crippen LogP contribution is -2.13. The zero-order valence-electron chi connectivity index (χ0n) is 16.0. The highest BCUT2D eigenvalue weighted by Crippen LogP contribution is 2.33. The number of halogens is 1. The smallest absolute Gasteiger partial charge is 0.262 e. The summed E-state index contributed by atoms with van der Waals surface area (Å²) in [5, 5.41) is 1.50. The van der Waals surface area contributed by atoms with Gasteiger partial charge in [0.15, 0.2) is 11.5 Å². The molecule has 0 saturated carbocycles. The number of rotatable bonds is 6. The maximum atomic E-state index is 12.7. The number of hydrogen-bond donors (Lipinski definition) is 1. The second-order valence-electron chi connectivity index (χ2n) is 6.33. The van der Waals surface area contributed by atoms with E-state index >= 15 is 0 Å². The van der Waals surface area contributed by atoms with Crippen LogP contribution in [0, 0.1) is 0 Å². The van der Waals surface area contributed by atoms with Gasteiger partial charge in [-0.3, -0.25) is 4.72 Å². The van der Waals surface area contributed by atoms with Crippen LogP contribution >= 0.6 is 22.9 Å². The lowest BCUT2D eigenvalue weighted by molar-refractivity contribution is 0.354. The third-order valence-corrected chi connectivity index (χ3v) is 7.08. The van der Waals surface area contributed by atoms with E-state index in [9.17, 15) is 8.42 Å². The van der Waals surface area contributed by atoms with Crippen molar-refractivity contribution in [2.24, 2.45) is 0 Å². The van der Waals surface area contributed by atoms with Gasteiger partial charge < -0.3 is 9.47 Å². The van der Waals surface area contributed by atoms with Crippen LogP contribution < -0.4 is 14.2 Å². The maximum absolute atomic E-state index is 12.7. The number of anilines is 1. The number of thiazole rings is 1. The third kappa shape index (κ3) is 4.07. The van der Waals surface area contributed by atoms with E-state index in [2.05, 4.69) is 9.71 Å². The van der Waals surface area contributed by atoms with Crippen molar-refractivity contribution in [3.63, 3.8) is 0 Å². The zero-order valence-corrected chi connectivity index (χ0v) is 18.4. The van der Waals surface area contributed by atoms with E-state index in [4.69, 9.17) is 21.1 Å². The summed E-state index contributed by atoms with van der Waals surface area (Å²) in [5.74, 6) is 0.796. The van der Waals surface area contributed by atoms with Crippen molar-refractivity contribution < 1.29 is 17.9 Å². The third-order valence-electron chi connectivity index (χ3n) is 4.40. The Morgan fingerprint density at radius 3 is 2.37 bits per heavy atom. The summed E-state index contributed by atoms with van der Waals surface area (Å²) in [7, 11) is -0.840. The Morgan fingerprint density at radius 2 is 1.67 bits per heavy atom. The predicted molar refractivity (Wildman–Crippen MR) is 120 cm³/mol. The van der Waals surface area contributed by atoms with Crippen molar-refractivity contribution >= 4 is 48.9 Å². The van der Waals surface area contributed by atoms with E-state index in [1.807, 2.05) is 24.3 Å². The molecule has 0 aliphatic heterocycles.